The molecule has 1 aromatic heterocycles. The Labute approximate surface area is 136 Å². The Morgan fingerprint density at radius 3 is 2.55 bits per heavy atom. The summed E-state index contributed by atoms with van der Waals surface area (Å²) in [5.41, 5.74) is 9.07. The van der Waals surface area contributed by atoms with Crippen LogP contribution in [-0.4, -0.2) is 33.3 Å². The molecule has 0 amide bonds. The summed E-state index contributed by atoms with van der Waals surface area (Å²) in [6.45, 7) is 9.93. The highest BCUT2D eigenvalue weighted by Crippen LogP contribution is 2.30. The number of unbranched alkanes of at least 4 members (excludes halogenated alkanes) is 2. The summed E-state index contributed by atoms with van der Waals surface area (Å²) in [6, 6.07) is 2.20. The summed E-state index contributed by atoms with van der Waals surface area (Å²) in [7, 11) is 2.04. The zero-order chi connectivity index (χ0) is 16.2. The summed E-state index contributed by atoms with van der Waals surface area (Å²) in [6.07, 6.45) is 7.50. The third-order valence-corrected chi connectivity index (χ3v) is 5.32. The number of hydrogen-bond donors (Lipinski definition) is 1. The van der Waals surface area contributed by atoms with Gasteiger partial charge in [-0.15, -0.1) is 0 Å². The SMILES string of the molecule is CCCCCC(C)(N)C1CCN(Cc2cc(C)nn2C)CC1. The second-order valence-electron chi connectivity index (χ2n) is 7.41. The van der Waals surface area contributed by atoms with Gasteiger partial charge in [-0.05, 0) is 58.2 Å². The molecule has 1 atom stereocenters. The molecule has 1 fully saturated rings. The van der Waals surface area contributed by atoms with Crippen molar-refractivity contribution in [1.82, 2.24) is 14.7 Å². The van der Waals surface area contributed by atoms with Crippen molar-refractivity contribution in [3.63, 3.8) is 0 Å². The number of likely N-dealkylation sites (tertiary alicyclic amines) is 1. The fourth-order valence-electron chi connectivity index (χ4n) is 3.75. The largest absolute Gasteiger partial charge is 0.325 e. The Morgan fingerprint density at radius 2 is 2.00 bits per heavy atom. The van der Waals surface area contributed by atoms with Gasteiger partial charge < -0.3 is 5.73 Å². The summed E-state index contributed by atoms with van der Waals surface area (Å²) < 4.78 is 2.01. The molecule has 0 aliphatic carbocycles. The van der Waals surface area contributed by atoms with Crippen molar-refractivity contribution < 1.29 is 0 Å². The fraction of sp³-hybridized carbons (Fsp3) is 0.833. The van der Waals surface area contributed by atoms with Crippen LogP contribution in [0.25, 0.3) is 0 Å². The number of aryl methyl sites for hydroxylation is 2. The Morgan fingerprint density at radius 1 is 1.32 bits per heavy atom. The average Bonchev–Trinajstić information content (AvgIpc) is 2.77. The number of rotatable bonds is 7. The van der Waals surface area contributed by atoms with Gasteiger partial charge in [0.1, 0.15) is 0 Å². The maximum absolute atomic E-state index is 6.63. The van der Waals surface area contributed by atoms with Gasteiger partial charge in [-0.25, -0.2) is 0 Å². The maximum atomic E-state index is 6.63. The number of nitrogens with zero attached hydrogens (tertiary/aromatic N) is 3. The molecule has 1 saturated heterocycles. The van der Waals surface area contributed by atoms with E-state index in [-0.39, 0.29) is 5.54 Å². The van der Waals surface area contributed by atoms with E-state index in [0.717, 1.165) is 25.3 Å². The lowest BCUT2D eigenvalue weighted by Crippen LogP contribution is -2.49. The zero-order valence-electron chi connectivity index (χ0n) is 14.9. The van der Waals surface area contributed by atoms with Crippen molar-refractivity contribution in [3.05, 3.63) is 17.5 Å². The molecule has 1 aliphatic rings. The van der Waals surface area contributed by atoms with Gasteiger partial charge in [0, 0.05) is 19.1 Å². The standard InChI is InChI=1S/C18H34N4/c1-5-6-7-10-18(3,19)16-8-11-22(12-9-16)14-17-13-15(2)20-21(17)4/h13,16H,5-12,14,19H2,1-4H3. The molecule has 1 unspecified atom stereocenters. The highest BCUT2D eigenvalue weighted by atomic mass is 15.3. The minimum Gasteiger partial charge on any atom is -0.325 e. The van der Waals surface area contributed by atoms with Crippen LogP contribution in [0.5, 0.6) is 0 Å². The Hall–Kier alpha value is -0.870. The van der Waals surface area contributed by atoms with E-state index in [2.05, 4.69) is 36.8 Å². The third kappa shape index (κ3) is 4.56. The van der Waals surface area contributed by atoms with Crippen molar-refractivity contribution in [2.45, 2.75) is 71.4 Å². The predicted octanol–water partition coefficient (Wildman–Crippen LogP) is 3.24. The van der Waals surface area contributed by atoms with Crippen molar-refractivity contribution in [1.29, 1.82) is 0 Å². The van der Waals surface area contributed by atoms with Crippen LogP contribution in [0.2, 0.25) is 0 Å². The first-order chi connectivity index (χ1) is 10.4. The Kier molecular flexibility index (Phi) is 6.04. The highest BCUT2D eigenvalue weighted by Gasteiger charge is 2.32. The lowest BCUT2D eigenvalue weighted by atomic mass is 9.76. The van der Waals surface area contributed by atoms with Gasteiger partial charge in [-0.2, -0.15) is 5.10 Å². The lowest BCUT2D eigenvalue weighted by Gasteiger charge is -2.40. The fourth-order valence-corrected chi connectivity index (χ4v) is 3.75. The second-order valence-corrected chi connectivity index (χ2v) is 7.41. The number of nitrogens with two attached hydrogens (primary N) is 1. The van der Waals surface area contributed by atoms with Crippen LogP contribution < -0.4 is 5.73 Å². The average molecular weight is 306 g/mol. The summed E-state index contributed by atoms with van der Waals surface area (Å²) >= 11 is 0. The van der Waals surface area contributed by atoms with Crippen LogP contribution >= 0.6 is 0 Å². The van der Waals surface area contributed by atoms with Gasteiger partial charge in [0.25, 0.3) is 0 Å². The predicted molar refractivity (Wildman–Crippen MR) is 92.7 cm³/mol. The smallest absolute Gasteiger partial charge is 0.0597 e. The monoisotopic (exact) mass is 306 g/mol. The summed E-state index contributed by atoms with van der Waals surface area (Å²) in [5.74, 6) is 0.675. The molecule has 0 radical (unpaired) electrons. The van der Waals surface area contributed by atoms with Crippen molar-refractivity contribution in [3.8, 4) is 0 Å². The van der Waals surface area contributed by atoms with Crippen molar-refractivity contribution in [2.24, 2.45) is 18.7 Å². The van der Waals surface area contributed by atoms with Crippen LogP contribution in [-0.2, 0) is 13.6 Å². The maximum Gasteiger partial charge on any atom is 0.0597 e. The van der Waals surface area contributed by atoms with E-state index in [1.165, 1.54) is 44.2 Å². The van der Waals surface area contributed by atoms with Gasteiger partial charge in [0.2, 0.25) is 0 Å². The Balaban J connectivity index is 1.81. The summed E-state index contributed by atoms with van der Waals surface area (Å²) in [5, 5.41) is 4.44. The number of aromatic nitrogens is 2. The van der Waals surface area contributed by atoms with Crippen LogP contribution in [0.1, 0.15) is 63.8 Å². The lowest BCUT2D eigenvalue weighted by molar-refractivity contribution is 0.123. The molecule has 1 aliphatic heterocycles. The molecule has 4 nitrogen and oxygen atoms in total. The Bertz CT molecular complexity index is 456. The highest BCUT2D eigenvalue weighted by molar-refractivity contribution is 5.08. The van der Waals surface area contributed by atoms with Crippen LogP contribution in [0, 0.1) is 12.8 Å². The molecular weight excluding hydrogens is 272 g/mol. The molecule has 2 N–H and O–H groups in total. The first kappa shape index (κ1) is 17.5. The zero-order valence-corrected chi connectivity index (χ0v) is 14.9. The minimum absolute atomic E-state index is 0.0182. The molecule has 2 heterocycles. The molecule has 0 bridgehead atoms. The van der Waals surface area contributed by atoms with Crippen LogP contribution in [0.3, 0.4) is 0 Å². The van der Waals surface area contributed by atoms with Crippen LogP contribution in [0.4, 0.5) is 0 Å². The van der Waals surface area contributed by atoms with Gasteiger partial charge in [0.15, 0.2) is 0 Å². The van der Waals surface area contributed by atoms with Crippen molar-refractivity contribution >= 4 is 0 Å². The van der Waals surface area contributed by atoms with Gasteiger partial charge in [0.05, 0.1) is 11.4 Å². The number of hydrogen-bond acceptors (Lipinski definition) is 3. The molecule has 0 spiro atoms. The van der Waals surface area contributed by atoms with E-state index in [9.17, 15) is 0 Å². The van der Waals surface area contributed by atoms with E-state index >= 15 is 0 Å². The topological polar surface area (TPSA) is 47.1 Å². The molecule has 2 rings (SSSR count). The van der Waals surface area contributed by atoms with E-state index in [4.69, 9.17) is 5.73 Å². The number of piperidine rings is 1. The second kappa shape index (κ2) is 7.60. The molecule has 4 heteroatoms. The molecular formula is C18H34N4. The quantitative estimate of drug-likeness (QED) is 0.787. The normalized spacial score (nSPS) is 20.2. The first-order valence-corrected chi connectivity index (χ1v) is 8.93. The van der Waals surface area contributed by atoms with Crippen molar-refractivity contribution in [2.75, 3.05) is 13.1 Å². The first-order valence-electron chi connectivity index (χ1n) is 8.93. The van der Waals surface area contributed by atoms with E-state index in [0.29, 0.717) is 5.92 Å². The van der Waals surface area contributed by atoms with Gasteiger partial charge >= 0.3 is 0 Å². The van der Waals surface area contributed by atoms with E-state index < -0.39 is 0 Å². The van der Waals surface area contributed by atoms with E-state index in [1.54, 1.807) is 0 Å². The summed E-state index contributed by atoms with van der Waals surface area (Å²) in [4.78, 5) is 2.55. The molecule has 22 heavy (non-hydrogen) atoms. The third-order valence-electron chi connectivity index (χ3n) is 5.32. The van der Waals surface area contributed by atoms with Gasteiger partial charge in [-0.1, -0.05) is 26.2 Å². The molecule has 1 aromatic rings. The minimum atomic E-state index is 0.0182. The van der Waals surface area contributed by atoms with Crippen LogP contribution in [0.15, 0.2) is 6.07 Å². The molecule has 126 valence electrons. The van der Waals surface area contributed by atoms with E-state index in [1.807, 2.05) is 11.7 Å². The molecule has 0 aromatic carbocycles. The molecule has 0 saturated carbocycles. The van der Waals surface area contributed by atoms with Gasteiger partial charge in [-0.3, -0.25) is 9.58 Å².